The lowest BCUT2D eigenvalue weighted by Crippen LogP contribution is -2.38. The summed E-state index contributed by atoms with van der Waals surface area (Å²) in [6.45, 7) is 2.00. The lowest BCUT2D eigenvalue weighted by atomic mass is 10.1. The zero-order valence-corrected chi connectivity index (χ0v) is 14.1. The molecule has 0 aromatic rings. The first-order valence-electron chi connectivity index (χ1n) is 8.41. The molecule has 0 fully saturated rings. The van der Waals surface area contributed by atoms with Gasteiger partial charge in [-0.25, -0.2) is 4.99 Å². The molecule has 6 heteroatoms. The van der Waals surface area contributed by atoms with Gasteiger partial charge in [0.15, 0.2) is 5.96 Å². The van der Waals surface area contributed by atoms with Crippen molar-refractivity contribution in [3.63, 3.8) is 0 Å². The molecule has 4 N–H and O–H groups in total. The van der Waals surface area contributed by atoms with E-state index >= 15 is 0 Å². The molecule has 0 aromatic carbocycles. The molecule has 0 heterocycles. The van der Waals surface area contributed by atoms with Crippen LogP contribution in [-0.2, 0) is 4.79 Å². The zero-order chi connectivity index (χ0) is 16.8. The molecule has 0 amide bonds. The molecular formula is C16H33N3O3. The first-order valence-corrected chi connectivity index (χ1v) is 8.41. The molecule has 0 aliphatic rings. The number of carbonyl (C=O) groups is 1. The Morgan fingerprint density at radius 1 is 1.09 bits per heavy atom. The fraction of sp³-hybridized carbons (Fsp3) is 0.875. The first-order chi connectivity index (χ1) is 10.5. The number of guanidine groups is 1. The van der Waals surface area contributed by atoms with E-state index in [-0.39, 0.29) is 12.5 Å². The zero-order valence-electron chi connectivity index (χ0n) is 14.1. The maximum absolute atomic E-state index is 10.5. The Morgan fingerprint density at radius 3 is 2.09 bits per heavy atom. The van der Waals surface area contributed by atoms with Crippen LogP contribution in [0.2, 0.25) is 0 Å². The lowest BCUT2D eigenvalue weighted by molar-refractivity contribution is -0.137. The molecule has 0 saturated carbocycles. The monoisotopic (exact) mass is 315 g/mol. The van der Waals surface area contributed by atoms with E-state index in [0.717, 1.165) is 12.8 Å². The number of carboxylic acids is 1. The van der Waals surface area contributed by atoms with Gasteiger partial charge in [0, 0.05) is 7.05 Å². The maximum atomic E-state index is 10.5. The highest BCUT2D eigenvalue weighted by Crippen LogP contribution is 2.11. The van der Waals surface area contributed by atoms with Crippen molar-refractivity contribution < 1.29 is 15.0 Å². The average molecular weight is 315 g/mol. The molecule has 22 heavy (non-hydrogen) atoms. The van der Waals surface area contributed by atoms with Crippen LogP contribution < -0.4 is 5.73 Å². The number of nitrogens with zero attached hydrogens (tertiary/aromatic N) is 2. The third kappa shape index (κ3) is 12.4. The minimum Gasteiger partial charge on any atom is -0.480 e. The minimum absolute atomic E-state index is 0.0609. The third-order valence-electron chi connectivity index (χ3n) is 3.61. The van der Waals surface area contributed by atoms with Gasteiger partial charge in [-0.15, -0.1) is 0 Å². The minimum atomic E-state index is -0.978. The summed E-state index contributed by atoms with van der Waals surface area (Å²) >= 11 is 0. The summed E-state index contributed by atoms with van der Waals surface area (Å²) in [7, 11) is 1.54. The van der Waals surface area contributed by atoms with Crippen LogP contribution in [0.3, 0.4) is 0 Å². The highest BCUT2D eigenvalue weighted by Gasteiger charge is 2.09. The molecule has 0 bridgehead atoms. The normalized spacial score (nSPS) is 13.1. The fourth-order valence-electron chi connectivity index (χ4n) is 2.24. The van der Waals surface area contributed by atoms with Gasteiger partial charge in [0.05, 0.1) is 0 Å². The largest absolute Gasteiger partial charge is 0.480 e. The van der Waals surface area contributed by atoms with Gasteiger partial charge >= 0.3 is 5.97 Å². The predicted octanol–water partition coefficient (Wildman–Crippen LogP) is 2.56. The number of likely N-dealkylation sites (N-methyl/N-ethyl adjacent to an activating group) is 1. The van der Waals surface area contributed by atoms with E-state index in [0.29, 0.717) is 6.42 Å². The molecule has 1 unspecified atom stereocenters. The number of hydrogen-bond acceptors (Lipinski definition) is 3. The molecule has 0 saturated heterocycles. The van der Waals surface area contributed by atoms with E-state index in [9.17, 15) is 9.90 Å². The number of aliphatic imine (C=N–C) groups is 1. The van der Waals surface area contributed by atoms with Crippen LogP contribution in [0.1, 0.15) is 71.1 Å². The molecule has 6 nitrogen and oxygen atoms in total. The van der Waals surface area contributed by atoms with E-state index in [1.165, 1.54) is 56.9 Å². The summed E-state index contributed by atoms with van der Waals surface area (Å²) in [5, 5.41) is 18.4. The van der Waals surface area contributed by atoms with Gasteiger partial charge in [-0.1, -0.05) is 58.3 Å². The van der Waals surface area contributed by atoms with Crippen LogP contribution >= 0.6 is 0 Å². The van der Waals surface area contributed by atoms with Crippen molar-refractivity contribution in [3.8, 4) is 0 Å². The van der Waals surface area contributed by atoms with Gasteiger partial charge in [-0.05, 0) is 12.8 Å². The Bertz CT molecular complexity index is 322. The quantitative estimate of drug-likeness (QED) is 0.275. The standard InChI is InChI=1S/C16H33N3O3/c1-3-4-5-6-7-8-9-10-11-12-14(20)18-16(17)19(2)13-15(21)22/h14,20H,3-13H2,1-2H3,(H2,17,18)(H,21,22). The van der Waals surface area contributed by atoms with Crippen molar-refractivity contribution in [1.82, 2.24) is 4.90 Å². The summed E-state index contributed by atoms with van der Waals surface area (Å²) in [6, 6.07) is 0. The van der Waals surface area contributed by atoms with E-state index in [2.05, 4.69) is 11.9 Å². The van der Waals surface area contributed by atoms with Crippen molar-refractivity contribution >= 4 is 11.9 Å². The van der Waals surface area contributed by atoms with Gasteiger partial charge < -0.3 is 20.8 Å². The molecule has 0 rings (SSSR count). The van der Waals surface area contributed by atoms with Gasteiger partial charge in [0.1, 0.15) is 12.8 Å². The summed E-state index contributed by atoms with van der Waals surface area (Å²) in [6.07, 6.45) is 10.8. The Balaban J connectivity index is 3.64. The molecule has 0 aromatic heterocycles. The number of rotatable bonds is 13. The van der Waals surface area contributed by atoms with Gasteiger partial charge in [0.25, 0.3) is 0 Å². The Hall–Kier alpha value is -1.30. The van der Waals surface area contributed by atoms with Gasteiger partial charge in [0.2, 0.25) is 0 Å². The second-order valence-corrected chi connectivity index (χ2v) is 5.83. The smallest absolute Gasteiger partial charge is 0.323 e. The van der Waals surface area contributed by atoms with Crippen molar-refractivity contribution in [2.75, 3.05) is 13.6 Å². The van der Waals surface area contributed by atoms with Crippen LogP contribution in [0, 0.1) is 0 Å². The lowest BCUT2D eigenvalue weighted by Gasteiger charge is -2.16. The fourth-order valence-corrected chi connectivity index (χ4v) is 2.24. The second kappa shape index (κ2) is 13.4. The Morgan fingerprint density at radius 2 is 1.59 bits per heavy atom. The van der Waals surface area contributed by atoms with Gasteiger partial charge in [-0.2, -0.15) is 0 Å². The van der Waals surface area contributed by atoms with Crippen LogP contribution in [0.25, 0.3) is 0 Å². The molecule has 0 aliphatic carbocycles. The first kappa shape index (κ1) is 20.7. The van der Waals surface area contributed by atoms with Crippen LogP contribution in [0.15, 0.2) is 4.99 Å². The molecule has 1 atom stereocenters. The number of hydrogen-bond donors (Lipinski definition) is 3. The summed E-state index contributed by atoms with van der Waals surface area (Å²) < 4.78 is 0. The number of aliphatic carboxylic acids is 1. The van der Waals surface area contributed by atoms with E-state index < -0.39 is 12.2 Å². The molecule has 130 valence electrons. The average Bonchev–Trinajstić information content (AvgIpc) is 2.44. The SMILES string of the molecule is CCCCCCCCCCCC(O)N=C(N)N(C)CC(=O)O. The van der Waals surface area contributed by atoms with Crippen molar-refractivity contribution in [2.24, 2.45) is 10.7 Å². The summed E-state index contributed by atoms with van der Waals surface area (Å²) in [5.41, 5.74) is 5.63. The number of unbranched alkanes of at least 4 members (excludes halogenated alkanes) is 8. The summed E-state index contributed by atoms with van der Waals surface area (Å²) in [4.78, 5) is 15.8. The van der Waals surface area contributed by atoms with Crippen LogP contribution in [0.5, 0.6) is 0 Å². The highest BCUT2D eigenvalue weighted by molar-refractivity contribution is 5.82. The van der Waals surface area contributed by atoms with Gasteiger partial charge in [-0.3, -0.25) is 4.79 Å². The maximum Gasteiger partial charge on any atom is 0.323 e. The van der Waals surface area contributed by atoms with E-state index in [1.54, 1.807) is 0 Å². The number of aliphatic hydroxyl groups excluding tert-OH is 1. The van der Waals surface area contributed by atoms with Crippen molar-refractivity contribution in [2.45, 2.75) is 77.4 Å². The molecule has 0 spiro atoms. The Labute approximate surface area is 134 Å². The Kier molecular flexibility index (Phi) is 12.6. The van der Waals surface area contributed by atoms with Crippen LogP contribution in [0.4, 0.5) is 0 Å². The number of aliphatic hydroxyl groups is 1. The molecule has 0 radical (unpaired) electrons. The van der Waals surface area contributed by atoms with Crippen molar-refractivity contribution in [3.05, 3.63) is 0 Å². The van der Waals surface area contributed by atoms with E-state index in [1.807, 2.05) is 0 Å². The van der Waals surface area contributed by atoms with Crippen LogP contribution in [-0.4, -0.2) is 46.9 Å². The highest BCUT2D eigenvalue weighted by atomic mass is 16.4. The number of nitrogens with two attached hydrogens (primary N) is 1. The topological polar surface area (TPSA) is 99.2 Å². The molecular weight excluding hydrogens is 282 g/mol. The number of carboxylic acid groups (broad SMARTS) is 1. The second-order valence-electron chi connectivity index (χ2n) is 5.83. The molecule has 0 aliphatic heterocycles. The van der Waals surface area contributed by atoms with E-state index in [4.69, 9.17) is 10.8 Å². The summed E-state index contributed by atoms with van der Waals surface area (Å²) in [5.74, 6) is -0.917. The third-order valence-corrected chi connectivity index (χ3v) is 3.61. The van der Waals surface area contributed by atoms with Crippen molar-refractivity contribution in [1.29, 1.82) is 0 Å². The predicted molar refractivity (Wildman–Crippen MR) is 89.7 cm³/mol.